The summed E-state index contributed by atoms with van der Waals surface area (Å²) >= 11 is 0. The molecule has 1 aromatic rings. The van der Waals surface area contributed by atoms with Crippen molar-refractivity contribution in [2.24, 2.45) is 0 Å². The molecule has 1 aromatic carbocycles. The van der Waals surface area contributed by atoms with Crippen molar-refractivity contribution < 1.29 is 9.59 Å². The number of rotatable bonds is 3. The minimum atomic E-state index is -0.0203. The maximum absolute atomic E-state index is 12.5. The molecule has 0 atom stereocenters. The molecule has 2 amide bonds. The van der Waals surface area contributed by atoms with E-state index >= 15 is 0 Å². The molecule has 1 aliphatic heterocycles. The van der Waals surface area contributed by atoms with E-state index in [1.807, 2.05) is 31.2 Å². The van der Waals surface area contributed by atoms with Gasteiger partial charge in [0.25, 0.3) is 5.91 Å². The quantitative estimate of drug-likeness (QED) is 0.856. The molecule has 0 aromatic heterocycles. The van der Waals surface area contributed by atoms with Crippen LogP contribution < -0.4 is 10.6 Å². The number of carbonyl (C=O) groups excluding carboxylic acids is 2. The lowest BCUT2D eigenvalue weighted by molar-refractivity contribution is -0.120. The fourth-order valence-electron chi connectivity index (χ4n) is 2.15. The molecule has 102 valence electrons. The van der Waals surface area contributed by atoms with Gasteiger partial charge < -0.3 is 15.5 Å². The lowest BCUT2D eigenvalue weighted by Crippen LogP contribution is -2.34. The summed E-state index contributed by atoms with van der Waals surface area (Å²) in [5.41, 5.74) is 1.51. The summed E-state index contributed by atoms with van der Waals surface area (Å²) in [6.07, 6.45) is 0.370. The number of nitrogens with zero attached hydrogens (tertiary/aromatic N) is 1. The van der Waals surface area contributed by atoms with Crippen LogP contribution in [0, 0.1) is 0 Å². The van der Waals surface area contributed by atoms with Gasteiger partial charge in [0.05, 0.1) is 5.56 Å². The van der Waals surface area contributed by atoms with Crippen LogP contribution in [-0.2, 0) is 4.79 Å². The van der Waals surface area contributed by atoms with Crippen molar-refractivity contribution in [1.29, 1.82) is 0 Å². The van der Waals surface area contributed by atoms with Gasteiger partial charge in [-0.25, -0.2) is 0 Å². The highest BCUT2D eigenvalue weighted by Gasteiger charge is 2.21. The average molecular weight is 261 g/mol. The van der Waals surface area contributed by atoms with E-state index in [1.165, 1.54) is 0 Å². The monoisotopic (exact) mass is 261 g/mol. The standard InChI is InChI=1S/C14H19N3O2/c1-2-15-12-6-4-3-5-11(12)14(19)17-9-7-13(18)16-8-10-17/h3-6,15H,2,7-10H2,1H3,(H,16,18). The Morgan fingerprint density at radius 2 is 2.16 bits per heavy atom. The van der Waals surface area contributed by atoms with Crippen LogP contribution in [0.25, 0.3) is 0 Å². The van der Waals surface area contributed by atoms with Crippen molar-refractivity contribution in [2.75, 3.05) is 31.5 Å². The van der Waals surface area contributed by atoms with Gasteiger partial charge in [-0.15, -0.1) is 0 Å². The van der Waals surface area contributed by atoms with Crippen molar-refractivity contribution >= 4 is 17.5 Å². The van der Waals surface area contributed by atoms with E-state index in [0.717, 1.165) is 12.2 Å². The first-order valence-corrected chi connectivity index (χ1v) is 6.61. The molecule has 5 heteroatoms. The number of benzene rings is 1. The van der Waals surface area contributed by atoms with Crippen molar-refractivity contribution in [1.82, 2.24) is 10.2 Å². The van der Waals surface area contributed by atoms with E-state index in [1.54, 1.807) is 4.90 Å². The van der Waals surface area contributed by atoms with Gasteiger partial charge in [0.15, 0.2) is 0 Å². The van der Waals surface area contributed by atoms with Crippen LogP contribution in [0.2, 0.25) is 0 Å². The average Bonchev–Trinajstić information content (AvgIpc) is 2.64. The Hall–Kier alpha value is -2.04. The highest BCUT2D eigenvalue weighted by Crippen LogP contribution is 2.17. The van der Waals surface area contributed by atoms with Gasteiger partial charge >= 0.3 is 0 Å². The van der Waals surface area contributed by atoms with E-state index in [-0.39, 0.29) is 11.8 Å². The molecule has 1 aliphatic rings. The molecule has 5 nitrogen and oxygen atoms in total. The third-order valence-corrected chi connectivity index (χ3v) is 3.12. The molecular formula is C14H19N3O2. The van der Waals surface area contributed by atoms with Crippen molar-refractivity contribution in [3.63, 3.8) is 0 Å². The number of para-hydroxylation sites is 1. The molecule has 1 saturated heterocycles. The topological polar surface area (TPSA) is 61.4 Å². The van der Waals surface area contributed by atoms with E-state index in [0.29, 0.717) is 31.6 Å². The molecule has 1 heterocycles. The Kier molecular flexibility index (Phi) is 4.39. The number of hydrogen-bond acceptors (Lipinski definition) is 3. The minimum absolute atomic E-state index is 0.00951. The summed E-state index contributed by atoms with van der Waals surface area (Å²) < 4.78 is 0. The SMILES string of the molecule is CCNc1ccccc1C(=O)N1CCNC(=O)CC1. The van der Waals surface area contributed by atoms with E-state index < -0.39 is 0 Å². The number of hydrogen-bond donors (Lipinski definition) is 2. The van der Waals surface area contributed by atoms with Crippen LogP contribution in [0.4, 0.5) is 5.69 Å². The molecule has 1 fully saturated rings. The highest BCUT2D eigenvalue weighted by molar-refractivity contribution is 5.99. The van der Waals surface area contributed by atoms with Crippen molar-refractivity contribution in [3.8, 4) is 0 Å². The third-order valence-electron chi connectivity index (χ3n) is 3.12. The Labute approximate surface area is 113 Å². The normalized spacial score (nSPS) is 15.6. The summed E-state index contributed by atoms with van der Waals surface area (Å²) in [5, 5.41) is 5.96. The minimum Gasteiger partial charge on any atom is -0.385 e. The fraction of sp³-hybridized carbons (Fsp3) is 0.429. The molecular weight excluding hydrogens is 242 g/mol. The molecule has 0 saturated carbocycles. The Morgan fingerprint density at radius 3 is 2.95 bits per heavy atom. The lowest BCUT2D eigenvalue weighted by Gasteiger charge is -2.21. The Bertz CT molecular complexity index is 474. The first-order valence-electron chi connectivity index (χ1n) is 6.61. The first kappa shape index (κ1) is 13.4. The van der Waals surface area contributed by atoms with Gasteiger partial charge in [-0.2, -0.15) is 0 Å². The zero-order valence-electron chi connectivity index (χ0n) is 11.1. The second-order valence-electron chi connectivity index (χ2n) is 4.47. The maximum Gasteiger partial charge on any atom is 0.256 e. The summed E-state index contributed by atoms with van der Waals surface area (Å²) in [7, 11) is 0. The zero-order valence-corrected chi connectivity index (χ0v) is 11.1. The Balaban J connectivity index is 2.16. The van der Waals surface area contributed by atoms with Crippen LogP contribution in [0.1, 0.15) is 23.7 Å². The van der Waals surface area contributed by atoms with Crippen molar-refractivity contribution in [3.05, 3.63) is 29.8 Å². The smallest absolute Gasteiger partial charge is 0.256 e. The third kappa shape index (κ3) is 3.24. The number of anilines is 1. The molecule has 0 unspecified atom stereocenters. The van der Waals surface area contributed by atoms with Gasteiger partial charge in [-0.3, -0.25) is 9.59 Å². The first-order chi connectivity index (χ1) is 9.22. The van der Waals surface area contributed by atoms with Gasteiger partial charge in [0.2, 0.25) is 5.91 Å². The van der Waals surface area contributed by atoms with Crippen molar-refractivity contribution in [2.45, 2.75) is 13.3 Å². The maximum atomic E-state index is 12.5. The summed E-state index contributed by atoms with van der Waals surface area (Å²) in [6.45, 7) is 4.32. The molecule has 0 spiro atoms. The van der Waals surface area contributed by atoms with E-state index in [2.05, 4.69) is 10.6 Å². The van der Waals surface area contributed by atoms with Crippen LogP contribution in [0.3, 0.4) is 0 Å². The van der Waals surface area contributed by atoms with Gasteiger partial charge in [0.1, 0.15) is 0 Å². The zero-order chi connectivity index (χ0) is 13.7. The highest BCUT2D eigenvalue weighted by atomic mass is 16.2. The largest absolute Gasteiger partial charge is 0.385 e. The second-order valence-corrected chi connectivity index (χ2v) is 4.47. The lowest BCUT2D eigenvalue weighted by atomic mass is 10.1. The predicted molar refractivity (Wildman–Crippen MR) is 74.1 cm³/mol. The molecule has 0 aliphatic carbocycles. The molecule has 0 radical (unpaired) electrons. The predicted octanol–water partition coefficient (Wildman–Crippen LogP) is 1.08. The molecule has 2 rings (SSSR count). The molecule has 19 heavy (non-hydrogen) atoms. The molecule has 0 bridgehead atoms. The van der Waals surface area contributed by atoms with Crippen LogP contribution in [0.15, 0.2) is 24.3 Å². The Morgan fingerprint density at radius 1 is 1.37 bits per heavy atom. The summed E-state index contributed by atoms with van der Waals surface area (Å²) in [6, 6.07) is 7.48. The van der Waals surface area contributed by atoms with Gasteiger partial charge in [0, 0.05) is 38.3 Å². The second kappa shape index (κ2) is 6.22. The van der Waals surface area contributed by atoms with Gasteiger partial charge in [-0.1, -0.05) is 12.1 Å². The number of nitrogens with one attached hydrogen (secondary N) is 2. The van der Waals surface area contributed by atoms with Crippen LogP contribution in [0.5, 0.6) is 0 Å². The van der Waals surface area contributed by atoms with Gasteiger partial charge in [-0.05, 0) is 19.1 Å². The molecule has 2 N–H and O–H groups in total. The van der Waals surface area contributed by atoms with Crippen LogP contribution >= 0.6 is 0 Å². The van der Waals surface area contributed by atoms with E-state index in [4.69, 9.17) is 0 Å². The number of amides is 2. The summed E-state index contributed by atoms with van der Waals surface area (Å²) in [5.74, 6) is -0.0108. The fourth-order valence-corrected chi connectivity index (χ4v) is 2.15. The van der Waals surface area contributed by atoms with E-state index in [9.17, 15) is 9.59 Å². The number of carbonyl (C=O) groups is 2. The van der Waals surface area contributed by atoms with Crippen LogP contribution in [-0.4, -0.2) is 42.9 Å². The summed E-state index contributed by atoms with van der Waals surface area (Å²) in [4.78, 5) is 25.5.